The zero-order valence-corrected chi connectivity index (χ0v) is 35.7. The standard InChI is InChI=1S/C49H66N2O4/c1-46(2,3)38-20-30-17-31-21-39(47(4,5)6)23-33(43(31)53)19-35-25-41(49(10,11)12)27-37(45(35)55)29-51-15-13-50(14-16-51)28-36-26-40(48(7,8)9)24-34(44(36)54)18-32(22-38)42(30)52/h20-27,52-55H,13-19,28-29H2,1-12H3. The number of hydrogen-bond acceptors (Lipinski definition) is 6. The Morgan fingerprint density at radius 1 is 0.327 bits per heavy atom. The molecule has 1 fully saturated rings. The Labute approximate surface area is 330 Å². The fourth-order valence-corrected chi connectivity index (χ4v) is 8.02. The summed E-state index contributed by atoms with van der Waals surface area (Å²) in [4.78, 5) is 4.83. The van der Waals surface area contributed by atoms with E-state index in [1.807, 2.05) is 0 Å². The van der Waals surface area contributed by atoms with Gasteiger partial charge in [0.1, 0.15) is 23.0 Å². The molecule has 6 heteroatoms. The van der Waals surface area contributed by atoms with Crippen LogP contribution in [0.3, 0.4) is 0 Å². The van der Waals surface area contributed by atoms with Crippen molar-refractivity contribution in [3.8, 4) is 23.0 Å². The number of nitrogens with zero attached hydrogens (tertiary/aromatic N) is 2. The molecule has 3 heterocycles. The van der Waals surface area contributed by atoms with Crippen molar-refractivity contribution in [1.29, 1.82) is 0 Å². The van der Waals surface area contributed by atoms with Crippen molar-refractivity contribution in [2.75, 3.05) is 26.2 Å². The van der Waals surface area contributed by atoms with Crippen LogP contribution in [0, 0.1) is 0 Å². The summed E-state index contributed by atoms with van der Waals surface area (Å²) in [6.07, 6.45) is 1.08. The van der Waals surface area contributed by atoms with Gasteiger partial charge in [0.2, 0.25) is 0 Å². The van der Waals surface area contributed by atoms with E-state index in [1.165, 1.54) is 0 Å². The van der Waals surface area contributed by atoms with Gasteiger partial charge >= 0.3 is 0 Å². The van der Waals surface area contributed by atoms with Gasteiger partial charge in [-0.15, -0.1) is 0 Å². The monoisotopic (exact) mass is 747 g/mol. The van der Waals surface area contributed by atoms with Crippen LogP contribution in [0.15, 0.2) is 48.5 Å². The van der Waals surface area contributed by atoms with Crippen molar-refractivity contribution in [3.05, 3.63) is 115 Å². The lowest BCUT2D eigenvalue weighted by Crippen LogP contribution is -2.45. The topological polar surface area (TPSA) is 87.4 Å². The van der Waals surface area contributed by atoms with Gasteiger partial charge in [-0.25, -0.2) is 0 Å². The van der Waals surface area contributed by atoms with E-state index in [4.69, 9.17) is 0 Å². The van der Waals surface area contributed by atoms with Crippen LogP contribution >= 0.6 is 0 Å². The van der Waals surface area contributed by atoms with Crippen LogP contribution in [0.4, 0.5) is 0 Å². The van der Waals surface area contributed by atoms with Crippen molar-refractivity contribution < 1.29 is 20.4 Å². The number of phenols is 4. The molecule has 6 nitrogen and oxygen atoms in total. The van der Waals surface area contributed by atoms with Gasteiger partial charge in [0.05, 0.1) is 0 Å². The van der Waals surface area contributed by atoms with E-state index in [0.717, 1.165) is 92.9 Å². The number of rotatable bonds is 0. The lowest BCUT2D eigenvalue weighted by atomic mass is 9.80. The van der Waals surface area contributed by atoms with E-state index in [9.17, 15) is 20.4 Å². The normalized spacial score (nSPS) is 18.5. The lowest BCUT2D eigenvalue weighted by Gasteiger charge is -2.35. The maximum absolute atomic E-state index is 12.1. The first kappa shape index (κ1) is 40.7. The average Bonchev–Trinajstić information content (AvgIpc) is 3.06. The Bertz CT molecular complexity index is 1930. The van der Waals surface area contributed by atoms with Crippen LogP contribution in [0.25, 0.3) is 0 Å². The SMILES string of the molecule is CC(C)(C)c1cc2c(O)c(c1)Cc1cc(C(C)(C)C)cc(c1O)CN1CCN(CC1)Cc1cc(C(C)(C)C)cc(c1O)Cc1cc(C(C)(C)C)cc(c1O)C2. The Balaban J connectivity index is 1.60. The number of piperazine rings is 1. The number of hydrogen-bond donors (Lipinski definition) is 4. The molecular formula is C49H66N2O4. The van der Waals surface area contributed by atoms with Crippen LogP contribution < -0.4 is 0 Å². The second-order valence-electron chi connectivity index (χ2n) is 20.7. The first-order valence-electron chi connectivity index (χ1n) is 20.2. The number of benzene rings is 4. The van der Waals surface area contributed by atoms with Crippen LogP contribution in [-0.2, 0) is 54.0 Å². The van der Waals surface area contributed by atoms with Crippen molar-refractivity contribution >= 4 is 0 Å². The fraction of sp³-hybridized carbons (Fsp3) is 0.510. The summed E-state index contributed by atoms with van der Waals surface area (Å²) in [6, 6.07) is 16.9. The quantitative estimate of drug-likeness (QED) is 0.143. The van der Waals surface area contributed by atoms with Crippen molar-refractivity contribution in [3.63, 3.8) is 0 Å². The van der Waals surface area contributed by atoms with E-state index in [1.54, 1.807) is 0 Å². The fourth-order valence-electron chi connectivity index (χ4n) is 8.02. The Morgan fingerprint density at radius 3 is 0.709 bits per heavy atom. The average molecular weight is 747 g/mol. The molecule has 296 valence electrons. The van der Waals surface area contributed by atoms with Gasteiger partial charge in [-0.2, -0.15) is 0 Å². The molecule has 0 saturated carbocycles. The molecule has 0 aliphatic carbocycles. The molecule has 0 aromatic heterocycles. The zero-order valence-electron chi connectivity index (χ0n) is 35.7. The lowest BCUT2D eigenvalue weighted by molar-refractivity contribution is 0.120. The molecule has 0 amide bonds. The molecule has 0 spiro atoms. The van der Waals surface area contributed by atoms with Crippen LogP contribution in [0.2, 0.25) is 0 Å². The van der Waals surface area contributed by atoms with Gasteiger partial charge < -0.3 is 20.4 Å². The zero-order chi connectivity index (χ0) is 40.4. The predicted molar refractivity (Wildman–Crippen MR) is 226 cm³/mol. The number of aromatic hydroxyl groups is 4. The van der Waals surface area contributed by atoms with Gasteiger partial charge in [0, 0.05) is 69.7 Å². The Kier molecular flexibility index (Phi) is 10.7. The van der Waals surface area contributed by atoms with Crippen molar-refractivity contribution in [2.24, 2.45) is 0 Å². The van der Waals surface area contributed by atoms with E-state index < -0.39 is 0 Å². The van der Waals surface area contributed by atoms with Crippen molar-refractivity contribution in [2.45, 2.75) is 137 Å². The smallest absolute Gasteiger partial charge is 0.123 e. The molecule has 0 radical (unpaired) electrons. The summed E-state index contributed by atoms with van der Waals surface area (Å²) in [5, 5.41) is 48.2. The molecule has 0 atom stereocenters. The second-order valence-corrected chi connectivity index (χ2v) is 20.7. The third-order valence-electron chi connectivity index (χ3n) is 11.9. The summed E-state index contributed by atoms with van der Waals surface area (Å²) in [5.74, 6) is 0.971. The van der Waals surface area contributed by atoms with Gasteiger partial charge in [-0.3, -0.25) is 9.80 Å². The summed E-state index contributed by atoms with van der Waals surface area (Å²) in [6.45, 7) is 30.9. The highest BCUT2D eigenvalue weighted by Gasteiger charge is 2.28. The van der Waals surface area contributed by atoms with Gasteiger partial charge in [0.15, 0.2) is 0 Å². The minimum absolute atomic E-state index is 0.140. The van der Waals surface area contributed by atoms with E-state index >= 15 is 0 Å². The molecule has 3 aliphatic heterocycles. The Hall–Kier alpha value is -4.00. The maximum atomic E-state index is 12.1. The van der Waals surface area contributed by atoms with E-state index in [0.29, 0.717) is 43.9 Å². The van der Waals surface area contributed by atoms with Crippen LogP contribution in [0.5, 0.6) is 23.0 Å². The Morgan fingerprint density at radius 2 is 0.509 bits per heavy atom. The van der Waals surface area contributed by atoms with E-state index in [-0.39, 0.29) is 33.2 Å². The minimum Gasteiger partial charge on any atom is -0.507 e. The summed E-state index contributed by atoms with van der Waals surface area (Å²) in [5.41, 5.74) is 10.2. The summed E-state index contributed by atoms with van der Waals surface area (Å²) in [7, 11) is 0. The molecular weight excluding hydrogens is 681 g/mol. The molecule has 0 unspecified atom stereocenters. The first-order valence-corrected chi connectivity index (χ1v) is 20.2. The summed E-state index contributed by atoms with van der Waals surface area (Å²) >= 11 is 0. The van der Waals surface area contributed by atoms with E-state index in [2.05, 4.69) is 141 Å². The maximum Gasteiger partial charge on any atom is 0.123 e. The molecule has 1 saturated heterocycles. The van der Waals surface area contributed by atoms with Gasteiger partial charge in [0.25, 0.3) is 0 Å². The molecule has 7 rings (SSSR count). The summed E-state index contributed by atoms with van der Waals surface area (Å²) < 4.78 is 0. The minimum atomic E-state index is -0.208. The number of phenolic OH excluding ortho intramolecular Hbond substituents is 4. The third kappa shape index (κ3) is 8.86. The van der Waals surface area contributed by atoms with Crippen LogP contribution in [-0.4, -0.2) is 56.4 Å². The van der Waals surface area contributed by atoms with Crippen LogP contribution in [0.1, 0.15) is 150 Å². The largest absolute Gasteiger partial charge is 0.507 e. The molecule has 4 aromatic rings. The second kappa shape index (κ2) is 14.5. The first-order chi connectivity index (χ1) is 25.4. The van der Waals surface area contributed by atoms with Crippen molar-refractivity contribution in [1.82, 2.24) is 9.80 Å². The predicted octanol–water partition coefficient (Wildman–Crippen LogP) is 10.1. The molecule has 10 bridgehead atoms. The molecule has 3 aliphatic rings. The molecule has 4 N–H and O–H groups in total. The highest BCUT2D eigenvalue weighted by Crippen LogP contribution is 2.42. The highest BCUT2D eigenvalue weighted by atomic mass is 16.3. The van der Waals surface area contributed by atoms with Gasteiger partial charge in [-0.1, -0.05) is 132 Å². The van der Waals surface area contributed by atoms with Gasteiger partial charge in [-0.05, 0) is 77.3 Å². The molecule has 55 heavy (non-hydrogen) atoms. The third-order valence-corrected chi connectivity index (χ3v) is 11.9. The highest BCUT2D eigenvalue weighted by molar-refractivity contribution is 5.57. The number of fused-ring (bicyclic) bond motifs is 2. The molecule has 4 aromatic carbocycles.